The van der Waals surface area contributed by atoms with Gasteiger partial charge in [0.05, 0.1) is 23.2 Å². The van der Waals surface area contributed by atoms with Crippen molar-refractivity contribution in [2.24, 2.45) is 0 Å². The van der Waals surface area contributed by atoms with E-state index in [1.54, 1.807) is 29.9 Å². The molecule has 1 heterocycles. The lowest BCUT2D eigenvalue weighted by Crippen LogP contribution is -2.22. The molecule has 0 saturated carbocycles. The zero-order chi connectivity index (χ0) is 17.1. The maximum absolute atomic E-state index is 13.1. The van der Waals surface area contributed by atoms with Crippen LogP contribution in [0.15, 0.2) is 52.4 Å². The van der Waals surface area contributed by atoms with Gasteiger partial charge in [-0.15, -0.1) is 0 Å². The molecule has 0 aliphatic rings. The monoisotopic (exact) mass is 360 g/mol. The van der Waals surface area contributed by atoms with Crippen LogP contribution in [0.4, 0.5) is 0 Å². The molecule has 24 heavy (non-hydrogen) atoms. The number of ether oxygens (including phenoxy) is 1. The minimum atomic E-state index is -0.0918. The van der Waals surface area contributed by atoms with E-state index in [-0.39, 0.29) is 5.56 Å². The highest BCUT2D eigenvalue weighted by Gasteiger charge is 2.14. The van der Waals surface area contributed by atoms with E-state index in [0.29, 0.717) is 33.4 Å². The molecule has 0 bridgehead atoms. The summed E-state index contributed by atoms with van der Waals surface area (Å²) in [5.41, 5.74) is 2.37. The van der Waals surface area contributed by atoms with Gasteiger partial charge in [-0.2, -0.15) is 0 Å². The fourth-order valence-corrected chi connectivity index (χ4v) is 3.55. The van der Waals surface area contributed by atoms with E-state index in [9.17, 15) is 4.79 Å². The third-order valence-corrected chi connectivity index (χ3v) is 4.81. The van der Waals surface area contributed by atoms with E-state index in [4.69, 9.17) is 16.3 Å². The van der Waals surface area contributed by atoms with Crippen LogP contribution in [-0.4, -0.2) is 29.0 Å². The molecule has 3 rings (SSSR count). The first-order valence-corrected chi connectivity index (χ1v) is 8.88. The van der Waals surface area contributed by atoms with E-state index < -0.39 is 0 Å². The van der Waals surface area contributed by atoms with E-state index >= 15 is 0 Å². The third kappa shape index (κ3) is 3.34. The Labute approximate surface area is 149 Å². The van der Waals surface area contributed by atoms with Gasteiger partial charge in [0.2, 0.25) is 0 Å². The molecule has 0 N–H and O–H groups in total. The van der Waals surface area contributed by atoms with Crippen LogP contribution >= 0.6 is 23.4 Å². The van der Waals surface area contributed by atoms with Crippen molar-refractivity contribution < 1.29 is 4.74 Å². The number of hydrogen-bond donors (Lipinski definition) is 0. The quantitative estimate of drug-likeness (QED) is 0.390. The number of hydrogen-bond acceptors (Lipinski definition) is 4. The van der Waals surface area contributed by atoms with Gasteiger partial charge in [-0.1, -0.05) is 41.6 Å². The minimum absolute atomic E-state index is 0.0918. The van der Waals surface area contributed by atoms with E-state index in [1.807, 2.05) is 31.2 Å². The standard InChI is InChI=1S/C18H17ClN2O2S/c1-12-5-3-4-6-16(12)21-17(22)14-8-7-13(19)11-15(14)20-18(21)24-10-9-23-2/h3-8,11H,9-10H2,1-2H3. The number of rotatable bonds is 5. The molecule has 6 heteroatoms. The number of aryl methyl sites for hydroxylation is 1. The second-order valence-corrected chi connectivity index (χ2v) is 6.82. The van der Waals surface area contributed by atoms with Crippen molar-refractivity contribution in [2.45, 2.75) is 12.1 Å². The van der Waals surface area contributed by atoms with Crippen molar-refractivity contribution in [1.82, 2.24) is 9.55 Å². The van der Waals surface area contributed by atoms with Gasteiger partial charge in [0.1, 0.15) is 0 Å². The molecule has 2 aromatic carbocycles. The minimum Gasteiger partial charge on any atom is -0.384 e. The maximum Gasteiger partial charge on any atom is 0.266 e. The van der Waals surface area contributed by atoms with Gasteiger partial charge in [0.25, 0.3) is 5.56 Å². The van der Waals surface area contributed by atoms with Gasteiger partial charge in [0, 0.05) is 17.9 Å². The van der Waals surface area contributed by atoms with Gasteiger partial charge in [-0.25, -0.2) is 4.98 Å². The second-order valence-electron chi connectivity index (χ2n) is 5.32. The Morgan fingerprint density at radius 3 is 2.79 bits per heavy atom. The molecule has 0 radical (unpaired) electrons. The van der Waals surface area contributed by atoms with Crippen LogP contribution in [0.3, 0.4) is 0 Å². The molecule has 3 aromatic rings. The largest absolute Gasteiger partial charge is 0.384 e. The van der Waals surface area contributed by atoms with Gasteiger partial charge >= 0.3 is 0 Å². The van der Waals surface area contributed by atoms with Crippen molar-refractivity contribution >= 4 is 34.3 Å². The second kappa shape index (κ2) is 7.38. The maximum atomic E-state index is 13.1. The van der Waals surface area contributed by atoms with Crippen LogP contribution in [0.25, 0.3) is 16.6 Å². The zero-order valence-corrected chi connectivity index (χ0v) is 15.0. The number of aromatic nitrogens is 2. The summed E-state index contributed by atoms with van der Waals surface area (Å²) >= 11 is 7.55. The first-order chi connectivity index (χ1) is 11.6. The fourth-order valence-electron chi connectivity index (χ4n) is 2.48. The summed E-state index contributed by atoms with van der Waals surface area (Å²) in [5.74, 6) is 0.709. The highest BCUT2D eigenvalue weighted by molar-refractivity contribution is 7.99. The Bertz CT molecular complexity index is 940. The van der Waals surface area contributed by atoms with E-state index in [2.05, 4.69) is 4.98 Å². The molecule has 0 fully saturated rings. The molecule has 0 saturated heterocycles. The summed E-state index contributed by atoms with van der Waals surface area (Å²) in [6.07, 6.45) is 0. The number of methoxy groups -OCH3 is 1. The molecule has 0 atom stereocenters. The smallest absolute Gasteiger partial charge is 0.266 e. The Hall–Kier alpha value is -1.82. The number of halogens is 1. The predicted molar refractivity (Wildman–Crippen MR) is 99.7 cm³/mol. The van der Waals surface area contributed by atoms with E-state index in [1.165, 1.54) is 11.8 Å². The van der Waals surface area contributed by atoms with Crippen molar-refractivity contribution in [1.29, 1.82) is 0 Å². The van der Waals surface area contributed by atoms with Gasteiger partial charge < -0.3 is 4.74 Å². The average molecular weight is 361 g/mol. The van der Waals surface area contributed by atoms with Gasteiger partial charge in [-0.3, -0.25) is 9.36 Å². The van der Waals surface area contributed by atoms with Gasteiger partial charge in [0.15, 0.2) is 5.16 Å². The van der Waals surface area contributed by atoms with Crippen LogP contribution < -0.4 is 5.56 Å². The molecule has 0 unspecified atom stereocenters. The fraction of sp³-hybridized carbons (Fsp3) is 0.222. The summed E-state index contributed by atoms with van der Waals surface area (Å²) in [7, 11) is 1.66. The van der Waals surface area contributed by atoms with Crippen molar-refractivity contribution in [3.05, 3.63) is 63.4 Å². The summed E-state index contributed by atoms with van der Waals surface area (Å²) in [6, 6.07) is 13.0. The molecule has 0 aliphatic carbocycles. The summed E-state index contributed by atoms with van der Waals surface area (Å²) in [5, 5.41) is 1.76. The lowest BCUT2D eigenvalue weighted by molar-refractivity contribution is 0.218. The van der Waals surface area contributed by atoms with Crippen LogP contribution in [0.2, 0.25) is 5.02 Å². The molecule has 1 aromatic heterocycles. The molecule has 4 nitrogen and oxygen atoms in total. The molecule has 0 spiro atoms. The average Bonchev–Trinajstić information content (AvgIpc) is 2.56. The SMILES string of the molecule is COCCSc1nc2cc(Cl)ccc2c(=O)n1-c1ccccc1C. The Balaban J connectivity index is 2.26. The zero-order valence-electron chi connectivity index (χ0n) is 13.5. The highest BCUT2D eigenvalue weighted by atomic mass is 35.5. The Morgan fingerprint density at radius 1 is 1.25 bits per heavy atom. The summed E-state index contributed by atoms with van der Waals surface area (Å²) in [6.45, 7) is 2.57. The van der Waals surface area contributed by atoms with Gasteiger partial charge in [-0.05, 0) is 36.8 Å². The molecule has 124 valence electrons. The first-order valence-electron chi connectivity index (χ1n) is 7.52. The van der Waals surface area contributed by atoms with Crippen molar-refractivity contribution in [3.8, 4) is 5.69 Å². The van der Waals surface area contributed by atoms with Crippen LogP contribution in [0, 0.1) is 6.92 Å². The Kier molecular flexibility index (Phi) is 5.23. The number of nitrogens with zero attached hydrogens (tertiary/aromatic N) is 2. The first kappa shape index (κ1) is 17.0. The summed E-state index contributed by atoms with van der Waals surface area (Å²) < 4.78 is 6.79. The van der Waals surface area contributed by atoms with E-state index in [0.717, 1.165) is 11.3 Å². The summed E-state index contributed by atoms with van der Waals surface area (Å²) in [4.78, 5) is 17.8. The third-order valence-electron chi connectivity index (χ3n) is 3.68. The number of para-hydroxylation sites is 1. The Morgan fingerprint density at radius 2 is 2.04 bits per heavy atom. The van der Waals surface area contributed by atoms with Crippen LogP contribution in [0.5, 0.6) is 0 Å². The molecule has 0 aliphatic heterocycles. The normalized spacial score (nSPS) is 11.1. The van der Waals surface area contributed by atoms with Crippen LogP contribution in [-0.2, 0) is 4.74 Å². The topological polar surface area (TPSA) is 44.1 Å². The lowest BCUT2D eigenvalue weighted by Gasteiger charge is -2.15. The highest BCUT2D eigenvalue weighted by Crippen LogP contribution is 2.24. The molecular weight excluding hydrogens is 344 g/mol. The number of fused-ring (bicyclic) bond motifs is 1. The van der Waals surface area contributed by atoms with Crippen LogP contribution in [0.1, 0.15) is 5.56 Å². The molecular formula is C18H17ClN2O2S. The number of thioether (sulfide) groups is 1. The predicted octanol–water partition coefficient (Wildman–Crippen LogP) is 4.09. The van der Waals surface area contributed by atoms with Crippen molar-refractivity contribution in [3.63, 3.8) is 0 Å². The van der Waals surface area contributed by atoms with Crippen molar-refractivity contribution in [2.75, 3.05) is 19.5 Å². The number of benzene rings is 2. The molecule has 0 amide bonds. The lowest BCUT2D eigenvalue weighted by atomic mass is 10.2.